The molecule has 0 radical (unpaired) electrons. The smallest absolute Gasteiger partial charge is 0.0131 e. The van der Waals surface area contributed by atoms with Crippen LogP contribution in [0.1, 0.15) is 49.9 Å². The van der Waals surface area contributed by atoms with Gasteiger partial charge in [0.2, 0.25) is 0 Å². The minimum atomic E-state index is 0.140. The van der Waals surface area contributed by atoms with E-state index in [1.165, 1.54) is 22.3 Å². The number of benzene rings is 2. The Labute approximate surface area is 128 Å². The molecule has 2 aromatic carbocycles. The molecule has 0 spiro atoms. The van der Waals surface area contributed by atoms with Crippen molar-refractivity contribution in [2.75, 3.05) is 0 Å². The van der Waals surface area contributed by atoms with E-state index in [1.54, 1.807) is 0 Å². The van der Waals surface area contributed by atoms with E-state index in [2.05, 4.69) is 88.9 Å². The highest BCUT2D eigenvalue weighted by molar-refractivity contribution is 5.73. The van der Waals surface area contributed by atoms with Crippen LogP contribution < -0.4 is 0 Å². The van der Waals surface area contributed by atoms with E-state index < -0.39 is 0 Å². The highest BCUT2D eigenvalue weighted by Gasteiger charge is 2.15. The standard InChI is InChI=1S/C21H24/c1-16(2)19-13-18(14-20(15-19)21(3,4)5)12-11-17-9-7-6-8-10-17/h6-15H,1H2,2-5H3/b12-11+. The van der Waals surface area contributed by atoms with Gasteiger partial charge in [-0.25, -0.2) is 0 Å². The third kappa shape index (κ3) is 4.19. The van der Waals surface area contributed by atoms with Gasteiger partial charge in [-0.3, -0.25) is 0 Å². The lowest BCUT2D eigenvalue weighted by molar-refractivity contribution is 0.590. The second-order valence-electron chi connectivity index (χ2n) is 6.62. The molecule has 2 rings (SSSR count). The van der Waals surface area contributed by atoms with E-state index in [9.17, 15) is 0 Å². The maximum absolute atomic E-state index is 4.08. The van der Waals surface area contributed by atoms with E-state index in [1.807, 2.05) is 6.07 Å². The quantitative estimate of drug-likeness (QED) is 0.586. The molecule has 0 atom stereocenters. The summed E-state index contributed by atoms with van der Waals surface area (Å²) in [6, 6.07) is 17.1. The molecule has 0 saturated carbocycles. The summed E-state index contributed by atoms with van der Waals surface area (Å²) in [6.07, 6.45) is 4.33. The predicted molar refractivity (Wildman–Crippen MR) is 95.2 cm³/mol. The first kappa shape index (κ1) is 15.3. The minimum absolute atomic E-state index is 0.140. The number of allylic oxidation sites excluding steroid dienone is 1. The van der Waals surface area contributed by atoms with E-state index in [0.717, 1.165) is 5.57 Å². The largest absolute Gasteiger partial charge is 0.0955 e. The van der Waals surface area contributed by atoms with E-state index >= 15 is 0 Å². The average Bonchev–Trinajstić information content (AvgIpc) is 2.45. The summed E-state index contributed by atoms with van der Waals surface area (Å²) in [7, 11) is 0. The Morgan fingerprint density at radius 3 is 2.10 bits per heavy atom. The molecule has 0 fully saturated rings. The normalized spacial score (nSPS) is 11.8. The van der Waals surface area contributed by atoms with Crippen molar-refractivity contribution in [3.05, 3.63) is 77.4 Å². The Balaban J connectivity index is 2.41. The van der Waals surface area contributed by atoms with Crippen LogP contribution in [0.3, 0.4) is 0 Å². The second-order valence-corrected chi connectivity index (χ2v) is 6.62. The average molecular weight is 276 g/mol. The Hall–Kier alpha value is -2.08. The van der Waals surface area contributed by atoms with Crippen molar-refractivity contribution in [1.82, 2.24) is 0 Å². The monoisotopic (exact) mass is 276 g/mol. The first-order valence-corrected chi connectivity index (χ1v) is 7.41. The molecule has 0 bridgehead atoms. The zero-order valence-electron chi connectivity index (χ0n) is 13.5. The molecule has 0 heterocycles. The maximum Gasteiger partial charge on any atom is -0.0131 e. The van der Waals surface area contributed by atoms with Crippen molar-refractivity contribution in [2.24, 2.45) is 0 Å². The third-order valence-electron chi connectivity index (χ3n) is 3.58. The highest BCUT2D eigenvalue weighted by atomic mass is 14.2. The molecule has 0 unspecified atom stereocenters. The van der Waals surface area contributed by atoms with Gasteiger partial charge in [0.05, 0.1) is 0 Å². The molecule has 0 saturated heterocycles. The maximum atomic E-state index is 4.08. The van der Waals surface area contributed by atoms with Crippen LogP contribution in [0.2, 0.25) is 0 Å². The molecule has 2 aromatic rings. The van der Waals surface area contributed by atoms with Gasteiger partial charge in [0.1, 0.15) is 0 Å². The van der Waals surface area contributed by atoms with Gasteiger partial charge in [-0.2, -0.15) is 0 Å². The molecule has 108 valence electrons. The fourth-order valence-electron chi connectivity index (χ4n) is 2.18. The van der Waals surface area contributed by atoms with E-state index in [4.69, 9.17) is 0 Å². The fourth-order valence-corrected chi connectivity index (χ4v) is 2.18. The van der Waals surface area contributed by atoms with Crippen LogP contribution in [0.25, 0.3) is 17.7 Å². The summed E-state index contributed by atoms with van der Waals surface area (Å²) in [5.41, 5.74) is 6.25. The first-order valence-electron chi connectivity index (χ1n) is 7.41. The molecule has 0 amide bonds. The number of hydrogen-bond acceptors (Lipinski definition) is 0. The van der Waals surface area contributed by atoms with Gasteiger partial charge in [-0.1, -0.05) is 87.5 Å². The zero-order chi connectivity index (χ0) is 15.5. The Morgan fingerprint density at radius 1 is 0.905 bits per heavy atom. The Kier molecular flexibility index (Phi) is 4.47. The van der Waals surface area contributed by atoms with Crippen molar-refractivity contribution in [2.45, 2.75) is 33.1 Å². The molecule has 0 aromatic heterocycles. The third-order valence-corrected chi connectivity index (χ3v) is 3.58. The first-order chi connectivity index (χ1) is 9.86. The molecular formula is C21H24. The molecule has 0 aliphatic carbocycles. The lowest BCUT2D eigenvalue weighted by atomic mass is 9.84. The van der Waals surface area contributed by atoms with Crippen molar-refractivity contribution < 1.29 is 0 Å². The Bertz CT molecular complexity index is 652. The van der Waals surface area contributed by atoms with E-state index in [0.29, 0.717) is 0 Å². The lowest BCUT2D eigenvalue weighted by Crippen LogP contribution is -2.11. The van der Waals surface area contributed by atoms with Crippen molar-refractivity contribution in [3.63, 3.8) is 0 Å². The van der Waals surface area contributed by atoms with Crippen LogP contribution in [0.4, 0.5) is 0 Å². The van der Waals surface area contributed by atoms with Crippen LogP contribution in [-0.4, -0.2) is 0 Å². The molecule has 0 nitrogen and oxygen atoms in total. The Morgan fingerprint density at radius 2 is 1.52 bits per heavy atom. The predicted octanol–water partition coefficient (Wildman–Crippen LogP) is 6.19. The minimum Gasteiger partial charge on any atom is -0.0955 e. The fraction of sp³-hybridized carbons (Fsp3) is 0.238. The SMILES string of the molecule is C=C(C)c1cc(/C=C/c2ccccc2)cc(C(C)(C)C)c1. The van der Waals surface area contributed by atoms with Crippen LogP contribution >= 0.6 is 0 Å². The van der Waals surface area contributed by atoms with Gasteiger partial charge < -0.3 is 0 Å². The van der Waals surface area contributed by atoms with Crippen LogP contribution in [0, 0.1) is 0 Å². The summed E-state index contributed by atoms with van der Waals surface area (Å²) < 4.78 is 0. The molecule has 0 aliphatic rings. The van der Waals surface area contributed by atoms with Crippen LogP contribution in [0.15, 0.2) is 55.1 Å². The van der Waals surface area contributed by atoms with Gasteiger partial charge in [0, 0.05) is 0 Å². The topological polar surface area (TPSA) is 0 Å². The van der Waals surface area contributed by atoms with Crippen molar-refractivity contribution in [3.8, 4) is 0 Å². The van der Waals surface area contributed by atoms with Gasteiger partial charge in [0.25, 0.3) is 0 Å². The summed E-state index contributed by atoms with van der Waals surface area (Å²) in [5, 5.41) is 0. The summed E-state index contributed by atoms with van der Waals surface area (Å²) in [6.45, 7) is 12.9. The van der Waals surface area contributed by atoms with Gasteiger partial charge in [0.15, 0.2) is 0 Å². The molecular weight excluding hydrogens is 252 g/mol. The molecule has 0 heteroatoms. The molecule has 21 heavy (non-hydrogen) atoms. The van der Waals surface area contributed by atoms with Crippen molar-refractivity contribution >= 4 is 17.7 Å². The molecule has 0 aliphatic heterocycles. The second kappa shape index (κ2) is 6.13. The summed E-state index contributed by atoms with van der Waals surface area (Å²) in [4.78, 5) is 0. The van der Waals surface area contributed by atoms with E-state index in [-0.39, 0.29) is 5.41 Å². The van der Waals surface area contributed by atoms with Gasteiger partial charge >= 0.3 is 0 Å². The van der Waals surface area contributed by atoms with Crippen molar-refractivity contribution in [1.29, 1.82) is 0 Å². The van der Waals surface area contributed by atoms with Gasteiger partial charge in [-0.15, -0.1) is 0 Å². The molecule has 0 N–H and O–H groups in total. The lowest BCUT2D eigenvalue weighted by Gasteiger charge is -2.21. The summed E-state index contributed by atoms with van der Waals surface area (Å²) in [5.74, 6) is 0. The number of hydrogen-bond donors (Lipinski definition) is 0. The number of rotatable bonds is 3. The zero-order valence-corrected chi connectivity index (χ0v) is 13.5. The van der Waals surface area contributed by atoms with Gasteiger partial charge in [-0.05, 0) is 40.7 Å². The summed E-state index contributed by atoms with van der Waals surface area (Å²) >= 11 is 0. The van der Waals surface area contributed by atoms with Crippen LogP contribution in [-0.2, 0) is 5.41 Å². The van der Waals surface area contributed by atoms with Crippen LogP contribution in [0.5, 0.6) is 0 Å². The highest BCUT2D eigenvalue weighted by Crippen LogP contribution is 2.27.